The number of allylic oxidation sites excluding steroid dienone is 4. The molecule has 1 aliphatic carbocycles. The number of hydrogen-bond acceptors (Lipinski definition) is 4. The summed E-state index contributed by atoms with van der Waals surface area (Å²) in [4.78, 5) is -0.547. The summed E-state index contributed by atoms with van der Waals surface area (Å²) in [5.74, 6) is -0.572. The van der Waals surface area contributed by atoms with Crippen LogP contribution in [0.2, 0.25) is 0 Å². The first-order chi connectivity index (χ1) is 12.7. The molecule has 146 valence electrons. The van der Waals surface area contributed by atoms with E-state index in [0.29, 0.717) is 6.42 Å². The maximum Gasteiger partial charge on any atom is 0.573 e. The van der Waals surface area contributed by atoms with Gasteiger partial charge < -0.3 is 10.1 Å². The van der Waals surface area contributed by atoms with Crippen LogP contribution in [0.4, 0.5) is 13.2 Å². The highest BCUT2D eigenvalue weighted by molar-refractivity contribution is 7.89. The van der Waals surface area contributed by atoms with Crippen LogP contribution in [0.15, 0.2) is 64.9 Å². The third-order valence-corrected chi connectivity index (χ3v) is 5.92. The van der Waals surface area contributed by atoms with E-state index in [2.05, 4.69) is 14.8 Å². The average Bonchev–Trinajstić information content (AvgIpc) is 2.96. The first kappa shape index (κ1) is 19.5. The third-order valence-electron chi connectivity index (χ3n) is 4.29. The van der Waals surface area contributed by atoms with E-state index in [9.17, 15) is 21.6 Å². The molecule has 0 saturated carbocycles. The third kappa shape index (κ3) is 4.72. The Kier molecular flexibility index (Phi) is 5.34. The van der Waals surface area contributed by atoms with E-state index in [-0.39, 0.29) is 5.92 Å². The van der Waals surface area contributed by atoms with Crippen LogP contribution in [-0.4, -0.2) is 20.8 Å². The summed E-state index contributed by atoms with van der Waals surface area (Å²) in [7, 11) is -4.18. The van der Waals surface area contributed by atoms with E-state index >= 15 is 0 Å². The molecule has 1 aliphatic heterocycles. The van der Waals surface area contributed by atoms with Gasteiger partial charge in [0.05, 0.1) is 0 Å². The van der Waals surface area contributed by atoms with E-state index in [4.69, 9.17) is 0 Å². The highest BCUT2D eigenvalue weighted by atomic mass is 32.2. The Morgan fingerprint density at radius 3 is 2.81 bits per heavy atom. The van der Waals surface area contributed by atoms with Crippen molar-refractivity contribution in [1.29, 1.82) is 0 Å². The van der Waals surface area contributed by atoms with Crippen molar-refractivity contribution < 1.29 is 26.3 Å². The Hall–Kier alpha value is -2.26. The summed E-state index contributed by atoms with van der Waals surface area (Å²) in [6, 6.07) is 4.17. The summed E-state index contributed by atoms with van der Waals surface area (Å²) in [6.45, 7) is 1.67. The van der Waals surface area contributed by atoms with Crippen LogP contribution in [0.1, 0.15) is 19.8 Å². The monoisotopic (exact) mass is 400 g/mol. The number of benzene rings is 1. The number of ether oxygens (including phenoxy) is 1. The summed E-state index contributed by atoms with van der Waals surface area (Å²) in [5.41, 5.74) is 2.10. The quantitative estimate of drug-likeness (QED) is 0.766. The van der Waals surface area contributed by atoms with Crippen LogP contribution in [0.3, 0.4) is 0 Å². The topological polar surface area (TPSA) is 67.4 Å². The second kappa shape index (κ2) is 7.40. The molecule has 2 unspecified atom stereocenters. The van der Waals surface area contributed by atoms with Gasteiger partial charge in [-0.2, -0.15) is 0 Å². The van der Waals surface area contributed by atoms with E-state index < -0.39 is 33.1 Å². The van der Waals surface area contributed by atoms with Crippen molar-refractivity contribution in [3.05, 3.63) is 60.0 Å². The van der Waals surface area contributed by atoms with Crippen molar-refractivity contribution in [3.8, 4) is 5.75 Å². The molecule has 0 amide bonds. The van der Waals surface area contributed by atoms with E-state index in [1.54, 1.807) is 6.92 Å². The minimum absolute atomic E-state index is 0.183. The molecule has 2 aliphatic rings. The number of para-hydroxylation sites is 1. The van der Waals surface area contributed by atoms with E-state index in [1.807, 2.05) is 24.4 Å². The van der Waals surface area contributed by atoms with Crippen molar-refractivity contribution in [2.75, 3.05) is 0 Å². The minimum Gasteiger partial charge on any atom is -0.404 e. The average molecular weight is 400 g/mol. The lowest BCUT2D eigenvalue weighted by atomic mass is 9.89. The Bertz CT molecular complexity index is 905. The van der Waals surface area contributed by atoms with Gasteiger partial charge in [0.25, 0.3) is 0 Å². The molecule has 1 aromatic rings. The second-order valence-electron chi connectivity index (χ2n) is 6.42. The van der Waals surface area contributed by atoms with Gasteiger partial charge in [0, 0.05) is 23.9 Å². The lowest BCUT2D eigenvalue weighted by molar-refractivity contribution is -0.275. The molecule has 1 heterocycles. The van der Waals surface area contributed by atoms with Crippen molar-refractivity contribution in [2.24, 2.45) is 5.92 Å². The summed E-state index contributed by atoms with van der Waals surface area (Å²) in [6.07, 6.45) is 4.10. The molecule has 9 heteroatoms. The summed E-state index contributed by atoms with van der Waals surface area (Å²) in [5, 5.41) is 3.17. The zero-order valence-corrected chi connectivity index (χ0v) is 15.3. The highest BCUT2D eigenvalue weighted by Gasteiger charge is 2.34. The fourth-order valence-corrected chi connectivity index (χ4v) is 4.58. The number of alkyl halides is 3. The predicted molar refractivity (Wildman–Crippen MR) is 94.1 cm³/mol. The number of nitrogens with one attached hydrogen (secondary N) is 2. The first-order valence-electron chi connectivity index (χ1n) is 8.35. The summed E-state index contributed by atoms with van der Waals surface area (Å²) >= 11 is 0. The van der Waals surface area contributed by atoms with Crippen molar-refractivity contribution in [1.82, 2.24) is 10.0 Å². The van der Waals surface area contributed by atoms with Crippen LogP contribution in [0, 0.1) is 5.92 Å². The Balaban J connectivity index is 1.72. The normalized spacial score (nSPS) is 20.4. The maximum absolute atomic E-state index is 12.6. The molecule has 0 aromatic heterocycles. The lowest BCUT2D eigenvalue weighted by Crippen LogP contribution is -2.34. The van der Waals surface area contributed by atoms with Crippen LogP contribution in [0.5, 0.6) is 5.75 Å². The van der Waals surface area contributed by atoms with Crippen molar-refractivity contribution in [2.45, 2.75) is 37.1 Å². The molecule has 27 heavy (non-hydrogen) atoms. The molecule has 2 N–H and O–H groups in total. The van der Waals surface area contributed by atoms with Crippen LogP contribution < -0.4 is 14.8 Å². The Morgan fingerprint density at radius 1 is 1.33 bits per heavy atom. The van der Waals surface area contributed by atoms with E-state index in [0.717, 1.165) is 29.8 Å². The van der Waals surface area contributed by atoms with Gasteiger partial charge in [-0.25, -0.2) is 13.1 Å². The van der Waals surface area contributed by atoms with Gasteiger partial charge >= 0.3 is 6.36 Å². The Labute approximate surface area is 155 Å². The minimum atomic E-state index is -4.98. The first-order valence-corrected chi connectivity index (χ1v) is 9.83. The van der Waals surface area contributed by atoms with Crippen LogP contribution in [-0.2, 0) is 10.0 Å². The molecule has 3 rings (SSSR count). The number of halogens is 3. The second-order valence-corrected chi connectivity index (χ2v) is 8.11. The SMILES string of the molecule is CC(CC1=CNC2=CC=CCC12)NS(=O)(=O)c1ccccc1OC(F)(F)F. The molecule has 1 aromatic carbocycles. The number of fused-ring (bicyclic) bond motifs is 1. The fraction of sp³-hybridized carbons (Fsp3) is 0.333. The van der Waals surface area contributed by atoms with Gasteiger partial charge in [0.2, 0.25) is 10.0 Å². The highest BCUT2D eigenvalue weighted by Crippen LogP contribution is 2.34. The van der Waals surface area contributed by atoms with Gasteiger partial charge in [0.1, 0.15) is 10.6 Å². The smallest absolute Gasteiger partial charge is 0.404 e. The molecule has 0 radical (unpaired) electrons. The molecule has 0 spiro atoms. The van der Waals surface area contributed by atoms with Crippen molar-refractivity contribution in [3.63, 3.8) is 0 Å². The molecule has 0 saturated heterocycles. The van der Waals surface area contributed by atoms with Gasteiger partial charge in [0.15, 0.2) is 0 Å². The molecular weight excluding hydrogens is 381 g/mol. The van der Waals surface area contributed by atoms with Crippen LogP contribution in [0.25, 0.3) is 0 Å². The lowest BCUT2D eigenvalue weighted by Gasteiger charge is -2.21. The van der Waals surface area contributed by atoms with Crippen LogP contribution >= 0.6 is 0 Å². The zero-order valence-electron chi connectivity index (χ0n) is 14.5. The molecular formula is C18H19F3N2O3S. The number of sulfonamides is 1. The van der Waals surface area contributed by atoms with Crippen molar-refractivity contribution >= 4 is 10.0 Å². The van der Waals surface area contributed by atoms with Gasteiger partial charge in [-0.05, 0) is 43.5 Å². The van der Waals surface area contributed by atoms with Gasteiger partial charge in [-0.1, -0.05) is 24.3 Å². The standard InChI is InChI=1S/C18H19F3N2O3S/c1-12(10-13-11-22-15-7-3-2-6-14(13)15)23-27(24,25)17-9-5-4-8-16(17)26-18(19,20)21/h2-5,7-9,11-12,14,22-23H,6,10H2,1H3. The fourth-order valence-electron chi connectivity index (χ4n) is 3.21. The van der Waals surface area contributed by atoms with Gasteiger partial charge in [-0.15, -0.1) is 13.2 Å². The zero-order chi connectivity index (χ0) is 19.7. The molecule has 2 atom stereocenters. The van der Waals surface area contributed by atoms with E-state index in [1.165, 1.54) is 12.1 Å². The predicted octanol–water partition coefficient (Wildman–Crippen LogP) is 3.59. The summed E-state index contributed by atoms with van der Waals surface area (Å²) < 4.78 is 69.1. The largest absolute Gasteiger partial charge is 0.573 e. The number of hydrogen-bond donors (Lipinski definition) is 2. The molecule has 0 fully saturated rings. The molecule has 5 nitrogen and oxygen atoms in total. The Morgan fingerprint density at radius 2 is 2.07 bits per heavy atom. The molecule has 0 bridgehead atoms. The number of rotatable bonds is 6. The van der Waals surface area contributed by atoms with Gasteiger partial charge in [-0.3, -0.25) is 0 Å². The maximum atomic E-state index is 12.6.